The molecule has 0 aromatic carbocycles. The van der Waals surface area contributed by atoms with Gasteiger partial charge in [0, 0.05) is 13.1 Å². The maximum atomic E-state index is 8.36. The smallest absolute Gasteiger partial charge is 0.291 e. The molecular formula is C9H22N4O3. The molecule has 0 amide bonds. The first-order chi connectivity index (χ1) is 7.54. The van der Waals surface area contributed by atoms with Crippen LogP contribution in [0.25, 0.3) is 0 Å². The van der Waals surface area contributed by atoms with E-state index in [1.807, 2.05) is 0 Å². The molecule has 0 bridgehead atoms. The van der Waals surface area contributed by atoms with E-state index in [0.717, 1.165) is 25.9 Å². The van der Waals surface area contributed by atoms with Gasteiger partial charge in [0.1, 0.15) is 0 Å². The van der Waals surface area contributed by atoms with Crippen LogP contribution in [0.3, 0.4) is 0 Å². The first-order valence-electron chi connectivity index (χ1n) is 5.41. The van der Waals surface area contributed by atoms with E-state index in [2.05, 4.69) is 24.2 Å². The molecule has 0 aliphatic carbocycles. The third kappa shape index (κ3) is 22.9. The zero-order valence-electron chi connectivity index (χ0n) is 9.98. The lowest BCUT2D eigenvalue weighted by Crippen LogP contribution is -2.32. The van der Waals surface area contributed by atoms with E-state index in [-0.39, 0.29) is 0 Å². The number of rotatable bonds is 6. The second-order valence-electron chi connectivity index (χ2n) is 3.14. The molecule has 0 aromatic rings. The monoisotopic (exact) mass is 234 g/mol. The van der Waals surface area contributed by atoms with Gasteiger partial charge in [-0.25, -0.2) is 0 Å². The average molecular weight is 234 g/mol. The van der Waals surface area contributed by atoms with Crippen molar-refractivity contribution in [2.45, 2.75) is 39.5 Å². The molecule has 0 saturated heterocycles. The van der Waals surface area contributed by atoms with E-state index < -0.39 is 5.09 Å². The topological polar surface area (TPSA) is 114 Å². The molecule has 0 atom stereocenters. The maximum absolute atomic E-state index is 8.36. The normalized spacial score (nSPS) is 10.2. The molecule has 0 aliphatic heterocycles. The lowest BCUT2D eigenvalue weighted by molar-refractivity contribution is -0.742. The van der Waals surface area contributed by atoms with E-state index in [1.54, 1.807) is 0 Å². The van der Waals surface area contributed by atoms with Crippen molar-refractivity contribution >= 4 is 5.96 Å². The van der Waals surface area contributed by atoms with Crippen molar-refractivity contribution in [3.8, 4) is 0 Å². The van der Waals surface area contributed by atoms with Gasteiger partial charge >= 0.3 is 0 Å². The average Bonchev–Trinajstić information content (AvgIpc) is 2.18. The minimum absolute atomic E-state index is 0.594. The maximum Gasteiger partial charge on any atom is 0.291 e. The summed E-state index contributed by atoms with van der Waals surface area (Å²) < 4.78 is 0. The zero-order chi connectivity index (χ0) is 12.8. The quantitative estimate of drug-likeness (QED) is 0.210. The van der Waals surface area contributed by atoms with Crippen molar-refractivity contribution in [1.82, 2.24) is 5.32 Å². The minimum atomic E-state index is -1.50. The Bertz CT molecular complexity index is 193. The summed E-state index contributed by atoms with van der Waals surface area (Å²) in [5, 5.41) is 16.7. The minimum Gasteiger partial charge on any atom is -0.370 e. The second-order valence-corrected chi connectivity index (χ2v) is 3.14. The van der Waals surface area contributed by atoms with Gasteiger partial charge in [0.15, 0.2) is 5.96 Å². The van der Waals surface area contributed by atoms with Crippen LogP contribution >= 0.6 is 0 Å². The summed E-state index contributed by atoms with van der Waals surface area (Å²) >= 11 is 0. The van der Waals surface area contributed by atoms with E-state index >= 15 is 0 Å². The first kappa shape index (κ1) is 16.9. The van der Waals surface area contributed by atoms with E-state index in [9.17, 15) is 0 Å². The largest absolute Gasteiger partial charge is 0.370 e. The Morgan fingerprint density at radius 3 is 2.38 bits per heavy atom. The molecule has 16 heavy (non-hydrogen) atoms. The molecule has 7 heteroatoms. The van der Waals surface area contributed by atoms with Crippen LogP contribution in [0.5, 0.6) is 0 Å². The van der Waals surface area contributed by atoms with E-state index in [0.29, 0.717) is 5.96 Å². The van der Waals surface area contributed by atoms with Crippen LogP contribution in [0, 0.1) is 10.1 Å². The van der Waals surface area contributed by atoms with Crippen molar-refractivity contribution in [3.63, 3.8) is 0 Å². The lowest BCUT2D eigenvalue weighted by Gasteiger charge is -2.03. The highest BCUT2D eigenvalue weighted by molar-refractivity contribution is 5.77. The summed E-state index contributed by atoms with van der Waals surface area (Å²) in [6, 6.07) is 0. The highest BCUT2D eigenvalue weighted by Gasteiger charge is 1.88. The standard InChI is InChI=1S/C9H21N3.HNO3/c1-3-5-7-11-9(10)12-8-6-4-2;2-1(3)4/h3-8H2,1-2H3,(H3,10,11,12);(H,2,3,4). The third-order valence-corrected chi connectivity index (χ3v) is 1.63. The Morgan fingerprint density at radius 2 is 1.94 bits per heavy atom. The van der Waals surface area contributed by atoms with Crippen LogP contribution in [0.4, 0.5) is 0 Å². The molecule has 0 unspecified atom stereocenters. The Hall–Kier alpha value is -1.53. The van der Waals surface area contributed by atoms with Gasteiger partial charge in [0.2, 0.25) is 0 Å². The molecule has 0 spiro atoms. The van der Waals surface area contributed by atoms with Crippen molar-refractivity contribution < 1.29 is 10.3 Å². The zero-order valence-corrected chi connectivity index (χ0v) is 9.98. The van der Waals surface area contributed by atoms with Gasteiger partial charge in [-0.2, -0.15) is 0 Å². The fraction of sp³-hybridized carbons (Fsp3) is 0.889. The Labute approximate surface area is 95.9 Å². The van der Waals surface area contributed by atoms with E-state index in [1.165, 1.54) is 12.8 Å². The van der Waals surface area contributed by atoms with Crippen molar-refractivity contribution in [2.75, 3.05) is 13.1 Å². The summed E-state index contributed by atoms with van der Waals surface area (Å²) in [5.74, 6) is 0.594. The van der Waals surface area contributed by atoms with Crippen LogP contribution in [0.1, 0.15) is 39.5 Å². The highest BCUT2D eigenvalue weighted by Crippen LogP contribution is 1.86. The van der Waals surface area contributed by atoms with Gasteiger partial charge < -0.3 is 16.3 Å². The van der Waals surface area contributed by atoms with Gasteiger partial charge in [-0.3, -0.25) is 4.99 Å². The summed E-state index contributed by atoms with van der Waals surface area (Å²) in [7, 11) is 0. The van der Waals surface area contributed by atoms with Crippen molar-refractivity contribution in [2.24, 2.45) is 10.7 Å². The van der Waals surface area contributed by atoms with Gasteiger partial charge in [0.25, 0.3) is 5.09 Å². The number of nitrogens with two attached hydrogens (primary N) is 1. The van der Waals surface area contributed by atoms with Crippen LogP contribution in [-0.4, -0.2) is 29.3 Å². The van der Waals surface area contributed by atoms with Crippen LogP contribution in [0.2, 0.25) is 0 Å². The highest BCUT2D eigenvalue weighted by atomic mass is 16.9. The molecule has 0 rings (SSSR count). The number of hydrogen-bond acceptors (Lipinski definition) is 3. The third-order valence-electron chi connectivity index (χ3n) is 1.63. The van der Waals surface area contributed by atoms with Crippen molar-refractivity contribution in [3.05, 3.63) is 10.1 Å². The number of aliphatic imine (C=N–C) groups is 1. The fourth-order valence-corrected chi connectivity index (χ4v) is 0.807. The lowest BCUT2D eigenvalue weighted by atomic mass is 10.3. The predicted molar refractivity (Wildman–Crippen MR) is 63.1 cm³/mol. The number of hydrogen-bond donors (Lipinski definition) is 3. The van der Waals surface area contributed by atoms with Gasteiger partial charge in [-0.1, -0.05) is 26.7 Å². The van der Waals surface area contributed by atoms with Gasteiger partial charge in [-0.05, 0) is 12.8 Å². The van der Waals surface area contributed by atoms with Crippen LogP contribution in [-0.2, 0) is 0 Å². The Kier molecular flexibility index (Phi) is 14.2. The number of nitrogens with one attached hydrogen (secondary N) is 1. The van der Waals surface area contributed by atoms with Crippen LogP contribution < -0.4 is 11.1 Å². The molecule has 0 fully saturated rings. The number of nitrogens with zero attached hydrogens (tertiary/aromatic N) is 2. The molecule has 96 valence electrons. The van der Waals surface area contributed by atoms with Gasteiger partial charge in [0.05, 0.1) is 0 Å². The first-order valence-corrected chi connectivity index (χ1v) is 5.41. The summed E-state index contributed by atoms with van der Waals surface area (Å²) in [5.41, 5.74) is 5.59. The molecule has 0 radical (unpaired) electrons. The summed E-state index contributed by atoms with van der Waals surface area (Å²) in [4.78, 5) is 12.5. The molecule has 0 saturated carbocycles. The Balaban J connectivity index is 0. The SMILES string of the molecule is CCCCN=C(N)NCCCC.O=[N+]([O-])O. The van der Waals surface area contributed by atoms with Crippen LogP contribution in [0.15, 0.2) is 4.99 Å². The number of guanidine groups is 1. The molecule has 4 N–H and O–H groups in total. The molecule has 0 aromatic heterocycles. The number of unbranched alkanes of at least 4 members (excludes halogenated alkanes) is 2. The van der Waals surface area contributed by atoms with Crippen molar-refractivity contribution in [1.29, 1.82) is 0 Å². The van der Waals surface area contributed by atoms with Gasteiger partial charge in [-0.15, -0.1) is 10.1 Å². The summed E-state index contributed by atoms with van der Waals surface area (Å²) in [6.07, 6.45) is 4.64. The fourth-order valence-electron chi connectivity index (χ4n) is 0.807. The van der Waals surface area contributed by atoms with E-state index in [4.69, 9.17) is 21.1 Å². The second kappa shape index (κ2) is 13.5. The predicted octanol–water partition coefficient (Wildman–Crippen LogP) is 1.14. The molecule has 0 heterocycles. The molecular weight excluding hydrogens is 212 g/mol. The molecule has 0 aliphatic rings. The molecule has 7 nitrogen and oxygen atoms in total. The summed E-state index contributed by atoms with van der Waals surface area (Å²) in [6.45, 7) is 6.10. The Morgan fingerprint density at radius 1 is 1.44 bits per heavy atom.